The molecule has 0 saturated heterocycles. The second kappa shape index (κ2) is 6.68. The molecule has 0 nitrogen and oxygen atoms in total. The second-order valence-electron chi connectivity index (χ2n) is 4.28. The average molecular weight is 713 g/mol. The molecule has 0 aliphatic rings. The summed E-state index contributed by atoms with van der Waals surface area (Å²) >= 11 is -0.151. The number of hydrogen-bond acceptors (Lipinski definition) is 0. The van der Waals surface area contributed by atoms with Crippen molar-refractivity contribution in [2.24, 2.45) is 0 Å². The maximum absolute atomic E-state index is 2.44. The van der Waals surface area contributed by atoms with Crippen molar-refractivity contribution in [2.75, 3.05) is 0 Å². The Morgan fingerprint density at radius 2 is 0.850 bits per heavy atom. The van der Waals surface area contributed by atoms with Gasteiger partial charge in [0, 0.05) is 0 Å². The average Bonchev–Trinajstić information content (AvgIpc) is 3.22. The van der Waals surface area contributed by atoms with E-state index >= 15 is 0 Å². The normalized spacial score (nSPS) is 11.0. The summed E-state index contributed by atoms with van der Waals surface area (Å²) < 4.78 is 15.1. The van der Waals surface area contributed by atoms with Crippen molar-refractivity contribution in [3.8, 4) is 21.5 Å². The molecule has 0 fully saturated rings. The third kappa shape index (κ3) is 3.07. The molecule has 20 heavy (non-hydrogen) atoms. The van der Waals surface area contributed by atoms with Gasteiger partial charge in [-0.15, -0.1) is 0 Å². The summed E-state index contributed by atoms with van der Waals surface area (Å²) in [6.45, 7) is 0. The molecule has 4 aromatic heterocycles. The first-order valence-corrected chi connectivity index (χ1v) is 15.9. The van der Waals surface area contributed by atoms with E-state index in [-0.39, 0.29) is 81.7 Å². The molecular formula is C16H10Te4. The molecule has 0 aromatic carbocycles. The molecule has 0 aliphatic heterocycles. The predicted octanol–water partition coefficient (Wildman–Crippen LogP) is 2.92. The summed E-state index contributed by atoms with van der Waals surface area (Å²) in [4.78, 5) is 0. The fraction of sp³-hybridized carbons (Fsp3) is 0. The molecule has 0 radical (unpaired) electrons. The van der Waals surface area contributed by atoms with Gasteiger partial charge in [-0.25, -0.2) is 0 Å². The molecule has 0 aliphatic carbocycles. The zero-order valence-corrected chi connectivity index (χ0v) is 19.7. The van der Waals surface area contributed by atoms with Crippen LogP contribution in [-0.2, 0) is 0 Å². The molecular weight excluding hydrogens is 703 g/mol. The van der Waals surface area contributed by atoms with E-state index in [2.05, 4.69) is 56.7 Å². The Kier molecular flexibility index (Phi) is 4.89. The zero-order valence-electron chi connectivity index (χ0n) is 10.4. The standard InChI is InChI=1S/C16H10Te4/c1-3-11(17-9-1)13-5-7-15(19-13)16-8-6-14(20-16)12-4-2-10-18-12/h1-10H. The van der Waals surface area contributed by atoms with Crippen LogP contribution in [0.1, 0.15) is 0 Å². The van der Waals surface area contributed by atoms with Crippen molar-refractivity contribution in [1.29, 1.82) is 0 Å². The van der Waals surface area contributed by atoms with Gasteiger partial charge in [-0.2, -0.15) is 0 Å². The molecule has 0 atom stereocenters. The van der Waals surface area contributed by atoms with Gasteiger partial charge in [-0.3, -0.25) is 0 Å². The van der Waals surface area contributed by atoms with Gasteiger partial charge in [0.05, 0.1) is 0 Å². The van der Waals surface area contributed by atoms with E-state index in [0.717, 1.165) is 0 Å². The van der Waals surface area contributed by atoms with Gasteiger partial charge in [0.25, 0.3) is 0 Å². The number of rotatable bonds is 3. The van der Waals surface area contributed by atoms with Crippen LogP contribution in [-0.4, -0.2) is 81.7 Å². The summed E-state index contributed by atoms with van der Waals surface area (Å²) in [6, 6.07) is 19.0. The van der Waals surface area contributed by atoms with Gasteiger partial charge in [-0.05, 0) is 0 Å². The molecule has 0 N–H and O–H groups in total. The summed E-state index contributed by atoms with van der Waals surface area (Å²) in [5, 5.41) is 0. The van der Waals surface area contributed by atoms with Gasteiger partial charge >= 0.3 is 160 Å². The molecule has 0 unspecified atom stereocenters. The van der Waals surface area contributed by atoms with Crippen molar-refractivity contribution >= 4 is 81.7 Å². The maximum atomic E-state index is 2.44. The van der Waals surface area contributed by atoms with Crippen LogP contribution < -0.4 is 0 Å². The Balaban J connectivity index is 1.68. The van der Waals surface area contributed by atoms with Gasteiger partial charge < -0.3 is 0 Å². The van der Waals surface area contributed by atoms with Crippen LogP contribution in [0.4, 0.5) is 0 Å². The Morgan fingerprint density at radius 1 is 0.450 bits per heavy atom. The van der Waals surface area contributed by atoms with E-state index in [4.69, 9.17) is 0 Å². The van der Waals surface area contributed by atoms with Crippen LogP contribution in [0, 0.1) is 0 Å². The monoisotopic (exact) mass is 722 g/mol. The Morgan fingerprint density at radius 3 is 1.20 bits per heavy atom. The predicted molar refractivity (Wildman–Crippen MR) is 90.5 cm³/mol. The Hall–Kier alpha value is 1.08. The molecule has 98 valence electrons. The fourth-order valence-electron chi connectivity index (χ4n) is 2.04. The Bertz CT molecular complexity index is 730. The van der Waals surface area contributed by atoms with Crippen molar-refractivity contribution < 1.29 is 0 Å². The van der Waals surface area contributed by atoms with Gasteiger partial charge in [0.1, 0.15) is 0 Å². The molecule has 0 amide bonds. The molecule has 4 rings (SSSR count). The van der Waals surface area contributed by atoms with Gasteiger partial charge in [-0.1, -0.05) is 0 Å². The van der Waals surface area contributed by atoms with Gasteiger partial charge in [0.2, 0.25) is 0 Å². The molecule has 0 saturated carbocycles. The SMILES string of the molecule is c1c[te]c(-c2ccc(-c3ccc(-c4ccc[te]4)[te]3)[te]2)c1. The van der Waals surface area contributed by atoms with Crippen molar-refractivity contribution in [2.45, 2.75) is 0 Å². The van der Waals surface area contributed by atoms with Crippen LogP contribution >= 0.6 is 0 Å². The molecule has 0 spiro atoms. The van der Waals surface area contributed by atoms with Crippen molar-refractivity contribution in [1.82, 2.24) is 0 Å². The second-order valence-corrected chi connectivity index (χ2v) is 15.9. The summed E-state index contributed by atoms with van der Waals surface area (Å²) in [6.07, 6.45) is 0. The van der Waals surface area contributed by atoms with Crippen molar-refractivity contribution in [3.63, 3.8) is 0 Å². The van der Waals surface area contributed by atoms with Crippen LogP contribution in [0.2, 0.25) is 0 Å². The van der Waals surface area contributed by atoms with E-state index in [9.17, 15) is 0 Å². The summed E-state index contributed by atoms with van der Waals surface area (Å²) in [5.74, 6) is 0. The van der Waals surface area contributed by atoms with Crippen LogP contribution in [0.25, 0.3) is 21.5 Å². The zero-order chi connectivity index (χ0) is 13.4. The fourth-order valence-corrected chi connectivity index (χ4v) is 15.6. The van der Waals surface area contributed by atoms with Crippen LogP contribution in [0.3, 0.4) is 0 Å². The minimum absolute atomic E-state index is 0.0163. The van der Waals surface area contributed by atoms with E-state index in [1.54, 1.807) is 21.5 Å². The molecule has 0 bridgehead atoms. The first kappa shape index (κ1) is 14.7. The van der Waals surface area contributed by atoms with Crippen molar-refractivity contribution in [3.05, 3.63) is 56.7 Å². The van der Waals surface area contributed by atoms with E-state index in [1.807, 2.05) is 0 Å². The minimum atomic E-state index is -0.0917. The summed E-state index contributed by atoms with van der Waals surface area (Å²) in [5.41, 5.74) is 0. The molecule has 4 heteroatoms. The quantitative estimate of drug-likeness (QED) is 0.287. The third-order valence-electron chi connectivity index (χ3n) is 2.98. The van der Waals surface area contributed by atoms with E-state index in [0.29, 0.717) is 0 Å². The van der Waals surface area contributed by atoms with Crippen LogP contribution in [0.5, 0.6) is 0 Å². The molecule has 4 heterocycles. The third-order valence-corrected chi connectivity index (χ3v) is 18.5. The number of hydrogen-bond donors (Lipinski definition) is 0. The first-order chi connectivity index (χ1) is 9.90. The van der Waals surface area contributed by atoms with E-state index < -0.39 is 0 Å². The van der Waals surface area contributed by atoms with Crippen LogP contribution in [0.15, 0.2) is 56.7 Å². The Labute approximate surface area is 157 Å². The topological polar surface area (TPSA) is 0 Å². The van der Waals surface area contributed by atoms with Gasteiger partial charge in [0.15, 0.2) is 0 Å². The van der Waals surface area contributed by atoms with E-state index in [1.165, 1.54) is 0 Å². The molecule has 4 aromatic rings. The summed E-state index contributed by atoms with van der Waals surface area (Å²) in [7, 11) is 0. The first-order valence-electron chi connectivity index (χ1n) is 6.18.